The van der Waals surface area contributed by atoms with Crippen molar-refractivity contribution in [3.63, 3.8) is 0 Å². The van der Waals surface area contributed by atoms with E-state index in [1.54, 1.807) is 0 Å². The molecule has 0 spiro atoms. The van der Waals surface area contributed by atoms with Gasteiger partial charge in [-0.2, -0.15) is 0 Å². The van der Waals surface area contributed by atoms with E-state index < -0.39 is 5.97 Å². The Morgan fingerprint density at radius 3 is 2.48 bits per heavy atom. The van der Waals surface area contributed by atoms with Crippen LogP contribution in [-0.4, -0.2) is 17.1 Å². The summed E-state index contributed by atoms with van der Waals surface area (Å²) in [4.78, 5) is 10.4. The van der Waals surface area contributed by atoms with Crippen LogP contribution in [0.4, 0.5) is 5.69 Å². The van der Waals surface area contributed by atoms with Crippen LogP contribution in [0, 0.1) is 23.7 Å². The number of carboxylic acid groups (broad SMARTS) is 1. The summed E-state index contributed by atoms with van der Waals surface area (Å²) in [6.07, 6.45) is 6.93. The molecular weight excluding hydrogens is 262 g/mol. The molecule has 3 nitrogen and oxygen atoms in total. The lowest BCUT2D eigenvalue weighted by molar-refractivity contribution is -0.130. The minimum absolute atomic E-state index is 0.371. The number of carbonyl (C=O) groups is 1. The molecule has 110 valence electrons. The third-order valence-electron chi connectivity index (χ3n) is 3.81. The number of allylic oxidation sites excluding steroid dienone is 1. The first-order valence-electron chi connectivity index (χ1n) is 7.34. The van der Waals surface area contributed by atoms with Crippen LogP contribution in [0.25, 0.3) is 0 Å². The van der Waals surface area contributed by atoms with Crippen molar-refractivity contribution in [1.29, 1.82) is 0 Å². The maximum Gasteiger partial charge on any atom is 0.382 e. The summed E-state index contributed by atoms with van der Waals surface area (Å²) in [6.45, 7) is 4.53. The van der Waals surface area contributed by atoms with Crippen LogP contribution >= 0.6 is 0 Å². The number of rotatable bonds is 3. The predicted octanol–water partition coefficient (Wildman–Crippen LogP) is 3.53. The van der Waals surface area contributed by atoms with E-state index in [-0.39, 0.29) is 0 Å². The first kappa shape index (κ1) is 15.2. The summed E-state index contributed by atoms with van der Waals surface area (Å²) in [7, 11) is 0. The van der Waals surface area contributed by atoms with Crippen LogP contribution in [0.5, 0.6) is 0 Å². The molecule has 0 radical (unpaired) electrons. The van der Waals surface area contributed by atoms with E-state index in [1.807, 2.05) is 24.3 Å². The summed E-state index contributed by atoms with van der Waals surface area (Å²) in [6, 6.07) is 7.92. The van der Waals surface area contributed by atoms with Crippen molar-refractivity contribution in [2.45, 2.75) is 32.7 Å². The Bertz CT molecular complexity index is 575. The molecule has 1 aliphatic carbocycles. The highest BCUT2D eigenvalue weighted by molar-refractivity contribution is 5.87. The summed E-state index contributed by atoms with van der Waals surface area (Å²) >= 11 is 0. The highest BCUT2D eigenvalue weighted by Gasteiger charge is 2.17. The zero-order valence-electron chi connectivity index (χ0n) is 12.5. The van der Waals surface area contributed by atoms with Crippen molar-refractivity contribution in [1.82, 2.24) is 0 Å². The van der Waals surface area contributed by atoms with Gasteiger partial charge >= 0.3 is 5.97 Å². The largest absolute Gasteiger partial charge is 0.472 e. The Balaban J connectivity index is 1.94. The molecule has 0 bridgehead atoms. The highest BCUT2D eigenvalue weighted by Crippen LogP contribution is 2.26. The molecule has 1 aromatic rings. The second-order valence-electron chi connectivity index (χ2n) is 5.75. The van der Waals surface area contributed by atoms with Crippen LogP contribution < -0.4 is 5.32 Å². The van der Waals surface area contributed by atoms with Crippen molar-refractivity contribution >= 4 is 11.7 Å². The Kier molecular flexibility index (Phi) is 5.05. The summed E-state index contributed by atoms with van der Waals surface area (Å²) < 4.78 is 0. The van der Waals surface area contributed by atoms with Crippen molar-refractivity contribution < 1.29 is 9.90 Å². The molecule has 0 saturated heterocycles. The Labute approximate surface area is 126 Å². The van der Waals surface area contributed by atoms with Crippen LogP contribution in [0.1, 0.15) is 32.3 Å². The maximum absolute atomic E-state index is 10.4. The second-order valence-corrected chi connectivity index (χ2v) is 5.75. The Morgan fingerprint density at radius 2 is 1.95 bits per heavy atom. The molecule has 0 amide bonds. The first-order valence-corrected chi connectivity index (χ1v) is 7.34. The van der Waals surface area contributed by atoms with Crippen molar-refractivity contribution in [2.75, 3.05) is 5.32 Å². The normalized spacial score (nSPS) is 20.7. The average Bonchev–Trinajstić information content (AvgIpc) is 2.47. The van der Waals surface area contributed by atoms with Gasteiger partial charge < -0.3 is 10.4 Å². The number of carboxylic acids is 1. The number of aliphatic carboxylic acids is 1. The molecule has 1 aromatic carbocycles. The van der Waals surface area contributed by atoms with E-state index in [4.69, 9.17) is 5.11 Å². The van der Waals surface area contributed by atoms with Gasteiger partial charge in [0.1, 0.15) is 0 Å². The number of anilines is 1. The standard InChI is InChI=1S/C18H21NO2/c1-13(2)15-6-10-17(11-7-15)19-16-8-3-14(4-9-16)5-12-18(20)21/h3-4,6,8-10,13,15,17,19H,7,11H2,1-2H3,(H,20,21). The lowest BCUT2D eigenvalue weighted by Crippen LogP contribution is -2.23. The summed E-state index contributed by atoms with van der Waals surface area (Å²) in [5.74, 6) is 5.00. The molecule has 1 aliphatic rings. The molecule has 0 fully saturated rings. The van der Waals surface area contributed by atoms with Gasteiger partial charge in [-0.1, -0.05) is 31.9 Å². The minimum Gasteiger partial charge on any atom is -0.472 e. The average molecular weight is 283 g/mol. The van der Waals surface area contributed by atoms with Crippen LogP contribution in [-0.2, 0) is 4.79 Å². The lowest BCUT2D eigenvalue weighted by Gasteiger charge is -2.26. The maximum atomic E-state index is 10.4. The highest BCUT2D eigenvalue weighted by atomic mass is 16.4. The van der Waals surface area contributed by atoms with Crippen molar-refractivity contribution in [3.05, 3.63) is 42.0 Å². The lowest BCUT2D eigenvalue weighted by atomic mass is 9.85. The van der Waals surface area contributed by atoms with E-state index in [0.29, 0.717) is 23.4 Å². The third kappa shape index (κ3) is 4.68. The fraction of sp³-hybridized carbons (Fsp3) is 0.389. The monoisotopic (exact) mass is 283 g/mol. The van der Waals surface area contributed by atoms with E-state index in [2.05, 4.69) is 43.2 Å². The molecule has 21 heavy (non-hydrogen) atoms. The van der Waals surface area contributed by atoms with Gasteiger partial charge in [0.15, 0.2) is 0 Å². The minimum atomic E-state index is -1.11. The van der Waals surface area contributed by atoms with Crippen molar-refractivity contribution in [2.24, 2.45) is 11.8 Å². The SMILES string of the molecule is CC(C)C1C=CC(Nc2ccc(C#CC(=O)O)cc2)CC1. The van der Waals surface area contributed by atoms with Gasteiger partial charge in [-0.25, -0.2) is 4.79 Å². The number of hydrogen-bond donors (Lipinski definition) is 2. The number of nitrogens with one attached hydrogen (secondary N) is 1. The molecule has 2 rings (SSSR count). The molecule has 2 atom stereocenters. The van der Waals surface area contributed by atoms with Gasteiger partial charge in [0.25, 0.3) is 0 Å². The fourth-order valence-corrected chi connectivity index (χ4v) is 2.51. The number of hydrogen-bond acceptors (Lipinski definition) is 2. The topological polar surface area (TPSA) is 49.3 Å². The zero-order valence-corrected chi connectivity index (χ0v) is 12.5. The van der Waals surface area contributed by atoms with Gasteiger partial charge in [-0.05, 0) is 48.9 Å². The Hall–Kier alpha value is -2.21. The van der Waals surface area contributed by atoms with Gasteiger partial charge in [0.05, 0.1) is 0 Å². The van der Waals surface area contributed by atoms with E-state index in [1.165, 1.54) is 6.42 Å². The smallest absolute Gasteiger partial charge is 0.382 e. The van der Waals surface area contributed by atoms with Gasteiger partial charge in [0, 0.05) is 23.2 Å². The van der Waals surface area contributed by atoms with Crippen LogP contribution in [0.2, 0.25) is 0 Å². The Morgan fingerprint density at radius 1 is 1.24 bits per heavy atom. The first-order chi connectivity index (χ1) is 10.0. The van der Waals surface area contributed by atoms with Gasteiger partial charge in [-0.15, -0.1) is 0 Å². The predicted molar refractivity (Wildman–Crippen MR) is 85.1 cm³/mol. The van der Waals surface area contributed by atoms with Gasteiger partial charge in [-0.3, -0.25) is 0 Å². The third-order valence-corrected chi connectivity index (χ3v) is 3.81. The summed E-state index contributed by atoms with van der Waals surface area (Å²) in [5.41, 5.74) is 1.75. The second kappa shape index (κ2) is 6.99. The molecule has 0 aliphatic heterocycles. The molecular formula is C18H21NO2. The van der Waals surface area contributed by atoms with Gasteiger partial charge in [0.2, 0.25) is 0 Å². The van der Waals surface area contributed by atoms with Crippen LogP contribution in [0.3, 0.4) is 0 Å². The van der Waals surface area contributed by atoms with E-state index in [9.17, 15) is 4.79 Å². The zero-order chi connectivity index (χ0) is 15.2. The summed E-state index contributed by atoms with van der Waals surface area (Å²) in [5, 5.41) is 12.0. The van der Waals surface area contributed by atoms with E-state index in [0.717, 1.165) is 12.1 Å². The fourth-order valence-electron chi connectivity index (χ4n) is 2.51. The van der Waals surface area contributed by atoms with Crippen molar-refractivity contribution in [3.8, 4) is 11.8 Å². The molecule has 0 aromatic heterocycles. The molecule has 2 N–H and O–H groups in total. The molecule has 0 heterocycles. The number of benzene rings is 1. The van der Waals surface area contributed by atoms with E-state index >= 15 is 0 Å². The molecule has 2 unspecified atom stereocenters. The van der Waals surface area contributed by atoms with Crippen LogP contribution in [0.15, 0.2) is 36.4 Å². The quantitative estimate of drug-likeness (QED) is 0.659. The molecule has 3 heteroatoms. The molecule has 0 saturated carbocycles.